The first kappa shape index (κ1) is 14.2. The monoisotopic (exact) mass is 351 g/mol. The normalized spacial score (nSPS) is 25.2. The Kier molecular flexibility index (Phi) is 3.79. The summed E-state index contributed by atoms with van der Waals surface area (Å²) in [6, 6.07) is 3.96. The Balaban J connectivity index is 2.22. The van der Waals surface area contributed by atoms with Crippen LogP contribution in [-0.2, 0) is 9.84 Å². The Morgan fingerprint density at radius 1 is 1.37 bits per heavy atom. The van der Waals surface area contributed by atoms with Crippen molar-refractivity contribution in [2.45, 2.75) is 12.2 Å². The lowest BCUT2D eigenvalue weighted by Gasteiger charge is -2.15. The summed E-state index contributed by atoms with van der Waals surface area (Å²) in [6.45, 7) is 0. The molecule has 1 aromatic rings. The smallest absolute Gasteiger partial charge is 0.274 e. The minimum Gasteiger partial charge on any atom is -0.486 e. The van der Waals surface area contributed by atoms with Crippen molar-refractivity contribution in [3.63, 3.8) is 0 Å². The molecule has 0 spiro atoms. The van der Waals surface area contributed by atoms with E-state index in [9.17, 15) is 23.6 Å². The lowest BCUT2D eigenvalue weighted by molar-refractivity contribution is -0.385. The van der Waals surface area contributed by atoms with Crippen LogP contribution in [0.2, 0.25) is 0 Å². The maximum absolute atomic E-state index is 11.3. The molecule has 0 radical (unpaired) electrons. The average Bonchev–Trinajstić information content (AvgIpc) is 2.50. The summed E-state index contributed by atoms with van der Waals surface area (Å²) in [5.41, 5.74) is -0.181. The number of halogens is 1. The molecule has 0 saturated carbocycles. The molecule has 1 aliphatic rings. The van der Waals surface area contributed by atoms with Crippen molar-refractivity contribution < 1.29 is 23.2 Å². The number of ether oxygens (including phenoxy) is 1. The molecular formula is C10H10BrNO6S. The van der Waals surface area contributed by atoms with Crippen LogP contribution in [0.25, 0.3) is 0 Å². The third kappa shape index (κ3) is 3.43. The average molecular weight is 352 g/mol. The van der Waals surface area contributed by atoms with E-state index in [0.717, 1.165) is 0 Å². The fourth-order valence-corrected chi connectivity index (χ4v) is 3.93. The molecule has 0 amide bonds. The van der Waals surface area contributed by atoms with Crippen molar-refractivity contribution >= 4 is 31.5 Å². The highest BCUT2D eigenvalue weighted by Gasteiger charge is 2.38. The molecule has 2 atom stereocenters. The predicted octanol–water partition coefficient (Wildman–Crippen LogP) is 0.894. The number of hydrogen-bond acceptors (Lipinski definition) is 6. The number of aliphatic hydroxyl groups excluding tert-OH is 1. The maximum Gasteiger partial charge on any atom is 0.274 e. The number of rotatable bonds is 3. The van der Waals surface area contributed by atoms with Crippen LogP contribution in [0.5, 0.6) is 5.75 Å². The Morgan fingerprint density at radius 3 is 2.58 bits per heavy atom. The van der Waals surface area contributed by atoms with Gasteiger partial charge in [-0.2, -0.15) is 0 Å². The Labute approximate surface area is 117 Å². The molecule has 2 rings (SSSR count). The largest absolute Gasteiger partial charge is 0.486 e. The topological polar surface area (TPSA) is 107 Å². The molecule has 1 aliphatic heterocycles. The van der Waals surface area contributed by atoms with Gasteiger partial charge in [0.2, 0.25) is 0 Å². The zero-order chi connectivity index (χ0) is 14.2. The number of benzene rings is 1. The standard InChI is InChI=1S/C10H10BrNO6S/c11-6-1-7(12(14)15)3-8(2-6)18-10-5-19(16,17)4-9(10)13/h1-3,9-10,13H,4-5H2. The lowest BCUT2D eigenvalue weighted by Crippen LogP contribution is -2.29. The van der Waals surface area contributed by atoms with Gasteiger partial charge in [0.05, 0.1) is 22.5 Å². The zero-order valence-electron chi connectivity index (χ0n) is 9.52. The molecule has 1 fully saturated rings. The van der Waals surface area contributed by atoms with Crippen LogP contribution >= 0.6 is 15.9 Å². The minimum atomic E-state index is -3.32. The van der Waals surface area contributed by atoms with Gasteiger partial charge in [-0.3, -0.25) is 10.1 Å². The van der Waals surface area contributed by atoms with Crippen molar-refractivity contribution in [1.29, 1.82) is 0 Å². The summed E-state index contributed by atoms with van der Waals surface area (Å²) in [5.74, 6) is -0.510. The van der Waals surface area contributed by atoms with Gasteiger partial charge in [-0.05, 0) is 6.07 Å². The van der Waals surface area contributed by atoms with Crippen molar-refractivity contribution in [1.82, 2.24) is 0 Å². The summed E-state index contributed by atoms with van der Waals surface area (Å²) in [7, 11) is -3.32. The van der Waals surface area contributed by atoms with Crippen LogP contribution in [0.1, 0.15) is 0 Å². The van der Waals surface area contributed by atoms with Crippen molar-refractivity contribution in [2.75, 3.05) is 11.5 Å². The summed E-state index contributed by atoms with van der Waals surface area (Å²) in [6.07, 6.45) is -2.03. The first-order valence-electron chi connectivity index (χ1n) is 5.27. The number of nitro groups is 1. The van der Waals surface area contributed by atoms with Crippen LogP contribution < -0.4 is 4.74 Å². The van der Waals surface area contributed by atoms with Crippen LogP contribution in [-0.4, -0.2) is 42.2 Å². The molecular weight excluding hydrogens is 342 g/mol. The van der Waals surface area contributed by atoms with Crippen LogP contribution in [0.4, 0.5) is 5.69 Å². The van der Waals surface area contributed by atoms with Gasteiger partial charge in [0.25, 0.3) is 5.69 Å². The van der Waals surface area contributed by atoms with Gasteiger partial charge in [0.1, 0.15) is 18.0 Å². The molecule has 2 unspecified atom stereocenters. The van der Waals surface area contributed by atoms with Crippen molar-refractivity contribution in [3.05, 3.63) is 32.8 Å². The first-order chi connectivity index (χ1) is 8.77. The second-order valence-electron chi connectivity index (χ2n) is 4.20. The van der Waals surface area contributed by atoms with Gasteiger partial charge in [-0.15, -0.1) is 0 Å². The molecule has 1 saturated heterocycles. The molecule has 0 aromatic heterocycles. The van der Waals surface area contributed by atoms with E-state index in [1.165, 1.54) is 18.2 Å². The van der Waals surface area contributed by atoms with E-state index in [4.69, 9.17) is 4.74 Å². The second-order valence-corrected chi connectivity index (χ2v) is 7.27. The lowest BCUT2D eigenvalue weighted by atomic mass is 10.2. The molecule has 0 bridgehead atoms. The number of non-ortho nitro benzene ring substituents is 1. The van der Waals surface area contributed by atoms with Crippen LogP contribution in [0.3, 0.4) is 0 Å². The first-order valence-corrected chi connectivity index (χ1v) is 7.88. The van der Waals surface area contributed by atoms with Crippen molar-refractivity contribution in [2.24, 2.45) is 0 Å². The molecule has 7 nitrogen and oxygen atoms in total. The SMILES string of the molecule is O=[N+]([O-])c1cc(Br)cc(OC2CS(=O)(=O)CC2O)c1. The molecule has 19 heavy (non-hydrogen) atoms. The van der Waals surface area contributed by atoms with E-state index < -0.39 is 27.0 Å². The molecule has 9 heteroatoms. The maximum atomic E-state index is 11.3. The summed E-state index contributed by atoms with van der Waals surface area (Å²) >= 11 is 3.10. The Hall–Kier alpha value is -1.19. The predicted molar refractivity (Wildman–Crippen MR) is 69.9 cm³/mol. The number of aliphatic hydroxyl groups is 1. The Morgan fingerprint density at radius 2 is 2.05 bits per heavy atom. The van der Waals surface area contributed by atoms with Crippen molar-refractivity contribution in [3.8, 4) is 5.75 Å². The minimum absolute atomic E-state index is 0.141. The number of sulfone groups is 1. The highest BCUT2D eigenvalue weighted by molar-refractivity contribution is 9.10. The van der Waals surface area contributed by atoms with E-state index in [-0.39, 0.29) is 22.9 Å². The number of nitro benzene ring substituents is 1. The van der Waals surface area contributed by atoms with E-state index in [1.807, 2.05) is 0 Å². The summed E-state index contributed by atoms with van der Waals surface area (Å²) in [4.78, 5) is 10.1. The van der Waals surface area contributed by atoms with E-state index in [0.29, 0.717) is 4.47 Å². The molecule has 0 aliphatic carbocycles. The highest BCUT2D eigenvalue weighted by Crippen LogP contribution is 2.28. The van der Waals surface area contributed by atoms with E-state index >= 15 is 0 Å². The van der Waals surface area contributed by atoms with Gasteiger partial charge in [0, 0.05) is 10.5 Å². The summed E-state index contributed by atoms with van der Waals surface area (Å²) in [5, 5.41) is 20.3. The second kappa shape index (κ2) is 5.06. The molecule has 1 aromatic carbocycles. The fraction of sp³-hybridized carbons (Fsp3) is 0.400. The van der Waals surface area contributed by atoms with E-state index in [1.54, 1.807) is 0 Å². The third-order valence-electron chi connectivity index (χ3n) is 2.63. The molecule has 1 heterocycles. The number of nitrogens with zero attached hydrogens (tertiary/aromatic N) is 1. The summed E-state index contributed by atoms with van der Waals surface area (Å²) < 4.78 is 28.4. The number of hydrogen-bond donors (Lipinski definition) is 1. The highest BCUT2D eigenvalue weighted by atomic mass is 79.9. The van der Waals surface area contributed by atoms with Crippen LogP contribution in [0.15, 0.2) is 22.7 Å². The van der Waals surface area contributed by atoms with Crippen LogP contribution in [0, 0.1) is 10.1 Å². The Bertz CT molecular complexity index is 616. The third-order valence-corrected chi connectivity index (χ3v) is 4.77. The van der Waals surface area contributed by atoms with Gasteiger partial charge in [-0.25, -0.2) is 8.42 Å². The van der Waals surface area contributed by atoms with Gasteiger partial charge >= 0.3 is 0 Å². The molecule has 1 N–H and O–H groups in total. The van der Waals surface area contributed by atoms with Gasteiger partial charge < -0.3 is 9.84 Å². The fourth-order valence-electron chi connectivity index (χ4n) is 1.81. The quantitative estimate of drug-likeness (QED) is 0.640. The van der Waals surface area contributed by atoms with E-state index in [2.05, 4.69) is 15.9 Å². The van der Waals surface area contributed by atoms with Gasteiger partial charge in [0.15, 0.2) is 9.84 Å². The zero-order valence-corrected chi connectivity index (χ0v) is 11.9. The molecule has 104 valence electrons. The van der Waals surface area contributed by atoms with Gasteiger partial charge in [-0.1, -0.05) is 15.9 Å².